The molecule has 1 fully saturated rings. The van der Waals surface area contributed by atoms with Crippen molar-refractivity contribution in [2.45, 2.75) is 38.3 Å². The monoisotopic (exact) mass is 271 g/mol. The molecule has 0 saturated heterocycles. The lowest BCUT2D eigenvalue weighted by molar-refractivity contribution is 0.0288. The first kappa shape index (κ1) is 13.8. The van der Waals surface area contributed by atoms with Crippen LogP contribution in [0.15, 0.2) is 18.2 Å². The molecule has 1 aliphatic rings. The standard InChI is InChI=1S/C14H19ClFNO/c1-2-18-14(10-4-5-10)13(17)8-9-3-6-11(15)12(16)7-9/h3,6-7,10,13-14H,2,4-5,8,17H2,1H3. The molecule has 2 N–H and O–H groups in total. The summed E-state index contributed by atoms with van der Waals surface area (Å²) in [5.74, 6) is 0.192. The molecule has 2 rings (SSSR count). The zero-order chi connectivity index (χ0) is 13.1. The van der Waals surface area contributed by atoms with Gasteiger partial charge in [0.15, 0.2) is 0 Å². The fourth-order valence-electron chi connectivity index (χ4n) is 2.28. The summed E-state index contributed by atoms with van der Waals surface area (Å²) in [4.78, 5) is 0. The molecule has 0 heterocycles. The van der Waals surface area contributed by atoms with E-state index in [1.165, 1.54) is 18.9 Å². The van der Waals surface area contributed by atoms with Gasteiger partial charge in [0.05, 0.1) is 11.1 Å². The molecule has 0 aromatic heterocycles. The molecule has 1 aromatic carbocycles. The third-order valence-corrected chi connectivity index (χ3v) is 3.63. The van der Waals surface area contributed by atoms with Crippen molar-refractivity contribution in [2.75, 3.05) is 6.61 Å². The Kier molecular flexibility index (Phi) is 4.60. The summed E-state index contributed by atoms with van der Waals surface area (Å²) in [6, 6.07) is 4.77. The number of halogens is 2. The maximum absolute atomic E-state index is 13.3. The Balaban J connectivity index is 2.00. The molecule has 0 radical (unpaired) electrons. The van der Waals surface area contributed by atoms with E-state index in [-0.39, 0.29) is 23.0 Å². The van der Waals surface area contributed by atoms with Gasteiger partial charge in [-0.05, 0) is 49.8 Å². The summed E-state index contributed by atoms with van der Waals surface area (Å²) in [5, 5.41) is 0.149. The van der Waals surface area contributed by atoms with Gasteiger partial charge in [-0.25, -0.2) is 4.39 Å². The smallest absolute Gasteiger partial charge is 0.142 e. The maximum Gasteiger partial charge on any atom is 0.142 e. The highest BCUT2D eigenvalue weighted by atomic mass is 35.5. The quantitative estimate of drug-likeness (QED) is 0.863. The normalized spacial score (nSPS) is 18.7. The zero-order valence-corrected chi connectivity index (χ0v) is 11.3. The summed E-state index contributed by atoms with van der Waals surface area (Å²) < 4.78 is 19.1. The average molecular weight is 272 g/mol. The predicted octanol–water partition coefficient (Wildman–Crippen LogP) is 3.16. The molecule has 100 valence electrons. The molecule has 0 spiro atoms. The summed E-state index contributed by atoms with van der Waals surface area (Å²) in [7, 11) is 0. The van der Waals surface area contributed by atoms with Crippen molar-refractivity contribution in [3.8, 4) is 0 Å². The Bertz CT molecular complexity index is 409. The number of hydrogen-bond donors (Lipinski definition) is 1. The van der Waals surface area contributed by atoms with Crippen LogP contribution >= 0.6 is 11.6 Å². The fourth-order valence-corrected chi connectivity index (χ4v) is 2.40. The number of hydrogen-bond acceptors (Lipinski definition) is 2. The second-order valence-electron chi connectivity index (χ2n) is 4.87. The summed E-state index contributed by atoms with van der Waals surface area (Å²) in [6.07, 6.45) is 3.09. The van der Waals surface area contributed by atoms with Gasteiger partial charge in [-0.15, -0.1) is 0 Å². The van der Waals surface area contributed by atoms with Crippen molar-refractivity contribution in [1.82, 2.24) is 0 Å². The van der Waals surface area contributed by atoms with Crippen molar-refractivity contribution in [2.24, 2.45) is 11.7 Å². The number of benzene rings is 1. The Morgan fingerprint density at radius 3 is 2.78 bits per heavy atom. The predicted molar refractivity (Wildman–Crippen MR) is 71.2 cm³/mol. The van der Waals surface area contributed by atoms with Crippen LogP contribution in [-0.4, -0.2) is 18.8 Å². The molecule has 2 nitrogen and oxygen atoms in total. The Labute approximate surface area is 112 Å². The van der Waals surface area contributed by atoms with E-state index < -0.39 is 0 Å². The highest BCUT2D eigenvalue weighted by molar-refractivity contribution is 6.30. The molecule has 2 atom stereocenters. The number of ether oxygens (including phenoxy) is 1. The van der Waals surface area contributed by atoms with Crippen LogP contribution in [0.25, 0.3) is 0 Å². The van der Waals surface area contributed by atoms with E-state index in [9.17, 15) is 4.39 Å². The second kappa shape index (κ2) is 6.00. The zero-order valence-electron chi connectivity index (χ0n) is 10.5. The molecule has 0 bridgehead atoms. The molecular weight excluding hydrogens is 253 g/mol. The first-order valence-electron chi connectivity index (χ1n) is 6.43. The minimum Gasteiger partial charge on any atom is -0.377 e. The molecule has 0 aliphatic heterocycles. The second-order valence-corrected chi connectivity index (χ2v) is 5.28. The van der Waals surface area contributed by atoms with Crippen molar-refractivity contribution < 1.29 is 9.13 Å². The molecular formula is C14H19ClFNO. The minimum absolute atomic E-state index is 0.0852. The van der Waals surface area contributed by atoms with Crippen molar-refractivity contribution in [1.29, 1.82) is 0 Å². The van der Waals surface area contributed by atoms with Gasteiger partial charge < -0.3 is 10.5 Å². The molecule has 18 heavy (non-hydrogen) atoms. The maximum atomic E-state index is 13.3. The van der Waals surface area contributed by atoms with Crippen LogP contribution in [0, 0.1) is 11.7 Å². The van der Waals surface area contributed by atoms with E-state index >= 15 is 0 Å². The van der Waals surface area contributed by atoms with Crippen LogP contribution in [0.3, 0.4) is 0 Å². The largest absolute Gasteiger partial charge is 0.377 e. The van der Waals surface area contributed by atoms with E-state index in [2.05, 4.69) is 0 Å². The van der Waals surface area contributed by atoms with Gasteiger partial charge >= 0.3 is 0 Å². The van der Waals surface area contributed by atoms with E-state index in [4.69, 9.17) is 22.1 Å². The van der Waals surface area contributed by atoms with Crippen LogP contribution in [0.5, 0.6) is 0 Å². The Morgan fingerprint density at radius 1 is 1.50 bits per heavy atom. The van der Waals surface area contributed by atoms with E-state index in [0.29, 0.717) is 18.9 Å². The van der Waals surface area contributed by atoms with Crippen LogP contribution in [0.2, 0.25) is 5.02 Å². The number of nitrogens with two attached hydrogens (primary N) is 1. The van der Waals surface area contributed by atoms with Crippen LogP contribution in [0.1, 0.15) is 25.3 Å². The lowest BCUT2D eigenvalue weighted by Crippen LogP contribution is -2.40. The van der Waals surface area contributed by atoms with E-state index in [1.54, 1.807) is 6.07 Å². The molecule has 2 unspecified atom stereocenters. The van der Waals surface area contributed by atoms with Gasteiger partial charge in [0, 0.05) is 12.6 Å². The van der Waals surface area contributed by atoms with Gasteiger partial charge in [0.25, 0.3) is 0 Å². The summed E-state index contributed by atoms with van der Waals surface area (Å²) in [5.41, 5.74) is 7.05. The minimum atomic E-state index is -0.388. The van der Waals surface area contributed by atoms with Gasteiger partial charge in [0.2, 0.25) is 0 Å². The lowest BCUT2D eigenvalue weighted by atomic mass is 9.99. The SMILES string of the molecule is CCOC(C(N)Cc1ccc(Cl)c(F)c1)C1CC1. The number of rotatable bonds is 6. The van der Waals surface area contributed by atoms with Crippen LogP contribution in [-0.2, 0) is 11.2 Å². The summed E-state index contributed by atoms with van der Waals surface area (Å²) >= 11 is 5.66. The Morgan fingerprint density at radius 2 is 2.22 bits per heavy atom. The average Bonchev–Trinajstić information content (AvgIpc) is 3.15. The molecule has 1 saturated carbocycles. The van der Waals surface area contributed by atoms with Gasteiger partial charge in [-0.3, -0.25) is 0 Å². The first-order valence-corrected chi connectivity index (χ1v) is 6.80. The van der Waals surface area contributed by atoms with Crippen molar-refractivity contribution >= 4 is 11.6 Å². The Hall–Kier alpha value is -0.640. The van der Waals surface area contributed by atoms with Gasteiger partial charge in [-0.1, -0.05) is 17.7 Å². The highest BCUT2D eigenvalue weighted by Crippen LogP contribution is 2.36. The summed E-state index contributed by atoms with van der Waals surface area (Å²) in [6.45, 7) is 2.65. The third kappa shape index (κ3) is 3.44. The van der Waals surface area contributed by atoms with Gasteiger partial charge in [0.1, 0.15) is 5.82 Å². The van der Waals surface area contributed by atoms with Gasteiger partial charge in [-0.2, -0.15) is 0 Å². The molecule has 1 aromatic rings. The lowest BCUT2D eigenvalue weighted by Gasteiger charge is -2.23. The van der Waals surface area contributed by atoms with E-state index in [1.807, 2.05) is 13.0 Å². The molecule has 0 amide bonds. The first-order chi connectivity index (χ1) is 8.61. The van der Waals surface area contributed by atoms with Crippen molar-refractivity contribution in [3.05, 3.63) is 34.6 Å². The highest BCUT2D eigenvalue weighted by Gasteiger charge is 2.35. The van der Waals surface area contributed by atoms with E-state index in [0.717, 1.165) is 5.56 Å². The molecule has 4 heteroatoms. The third-order valence-electron chi connectivity index (χ3n) is 3.32. The molecule has 1 aliphatic carbocycles. The van der Waals surface area contributed by atoms with Crippen LogP contribution in [0.4, 0.5) is 4.39 Å². The fraction of sp³-hybridized carbons (Fsp3) is 0.571. The van der Waals surface area contributed by atoms with Crippen molar-refractivity contribution in [3.63, 3.8) is 0 Å². The topological polar surface area (TPSA) is 35.2 Å². The van der Waals surface area contributed by atoms with Crippen LogP contribution < -0.4 is 5.73 Å².